The van der Waals surface area contributed by atoms with Crippen LogP contribution < -0.4 is 15.2 Å². The van der Waals surface area contributed by atoms with Crippen molar-refractivity contribution in [1.29, 1.82) is 0 Å². The Balaban J connectivity index is 3.24. The zero-order valence-electron chi connectivity index (χ0n) is 8.34. The van der Waals surface area contributed by atoms with Gasteiger partial charge in [-0.2, -0.15) is 0 Å². The maximum atomic E-state index is 12.5. The molecule has 0 radical (unpaired) electrons. The van der Waals surface area contributed by atoms with Crippen LogP contribution in [0, 0.1) is 0 Å². The van der Waals surface area contributed by atoms with Gasteiger partial charge < -0.3 is 15.2 Å². The minimum atomic E-state index is -0.534. The van der Waals surface area contributed by atoms with Crippen molar-refractivity contribution in [3.05, 3.63) is 23.3 Å². The van der Waals surface area contributed by atoms with Crippen LogP contribution in [0.25, 0.3) is 0 Å². The molecule has 2 N–H and O–H groups in total. The lowest BCUT2D eigenvalue weighted by Crippen LogP contribution is -2.02. The van der Waals surface area contributed by atoms with Crippen molar-refractivity contribution in [2.45, 2.75) is 13.2 Å². The zero-order valence-corrected chi connectivity index (χ0v) is 8.34. The molecule has 0 fully saturated rings. The van der Waals surface area contributed by atoms with Crippen LogP contribution in [0.5, 0.6) is 11.5 Å². The normalized spacial score (nSPS) is 10.0. The lowest BCUT2D eigenvalue weighted by molar-refractivity contribution is 0.350. The van der Waals surface area contributed by atoms with Crippen molar-refractivity contribution >= 4 is 0 Å². The highest BCUT2D eigenvalue weighted by atomic mass is 19.1. The lowest BCUT2D eigenvalue weighted by Gasteiger charge is -2.12. The smallest absolute Gasteiger partial charge is 0.165 e. The van der Waals surface area contributed by atoms with Gasteiger partial charge in [-0.1, -0.05) is 0 Å². The number of alkyl halides is 1. The van der Waals surface area contributed by atoms with Gasteiger partial charge in [-0.15, -0.1) is 0 Å². The van der Waals surface area contributed by atoms with E-state index in [1.54, 1.807) is 12.1 Å². The first-order valence-corrected chi connectivity index (χ1v) is 4.26. The molecule has 4 heteroatoms. The van der Waals surface area contributed by atoms with E-state index in [0.717, 1.165) is 5.56 Å². The molecule has 0 unspecified atom stereocenters. The Kier molecular flexibility index (Phi) is 3.71. The number of hydrogen-bond acceptors (Lipinski definition) is 3. The lowest BCUT2D eigenvalue weighted by atomic mass is 10.1. The number of hydrogen-bond donors (Lipinski definition) is 1. The van der Waals surface area contributed by atoms with E-state index in [2.05, 4.69) is 0 Å². The van der Waals surface area contributed by atoms with Gasteiger partial charge in [-0.3, -0.25) is 0 Å². The van der Waals surface area contributed by atoms with Crippen LogP contribution in [0.3, 0.4) is 0 Å². The van der Waals surface area contributed by atoms with Gasteiger partial charge in [0.25, 0.3) is 0 Å². The van der Waals surface area contributed by atoms with Crippen LogP contribution in [0.2, 0.25) is 0 Å². The van der Waals surface area contributed by atoms with Gasteiger partial charge in [0.2, 0.25) is 0 Å². The topological polar surface area (TPSA) is 44.5 Å². The van der Waals surface area contributed by atoms with Gasteiger partial charge in [-0.05, 0) is 17.7 Å². The van der Waals surface area contributed by atoms with Crippen LogP contribution in [0.15, 0.2) is 12.1 Å². The Hall–Kier alpha value is -1.29. The molecule has 0 atom stereocenters. The Morgan fingerprint density at radius 2 is 2.00 bits per heavy atom. The summed E-state index contributed by atoms with van der Waals surface area (Å²) in [6.45, 7) is -0.235. The molecule has 0 saturated heterocycles. The molecule has 78 valence electrons. The predicted octanol–water partition coefficient (Wildman–Crippen LogP) is 1.63. The number of methoxy groups -OCH3 is 2. The minimum Gasteiger partial charge on any atom is -0.493 e. The van der Waals surface area contributed by atoms with Crippen LogP contribution in [-0.2, 0) is 13.2 Å². The summed E-state index contributed by atoms with van der Waals surface area (Å²) in [6.07, 6.45) is 0. The molecule has 14 heavy (non-hydrogen) atoms. The molecule has 0 saturated carbocycles. The van der Waals surface area contributed by atoms with E-state index in [0.29, 0.717) is 23.6 Å². The molecule has 0 aromatic heterocycles. The quantitative estimate of drug-likeness (QED) is 0.801. The fourth-order valence-electron chi connectivity index (χ4n) is 1.34. The van der Waals surface area contributed by atoms with Crippen molar-refractivity contribution in [1.82, 2.24) is 0 Å². The van der Waals surface area contributed by atoms with Gasteiger partial charge in [0, 0.05) is 12.1 Å². The molecule has 0 bridgehead atoms. The molecular weight excluding hydrogens is 185 g/mol. The Labute approximate surface area is 82.6 Å². The Morgan fingerprint density at radius 3 is 2.43 bits per heavy atom. The zero-order chi connectivity index (χ0) is 10.6. The second kappa shape index (κ2) is 4.81. The maximum absolute atomic E-state index is 12.5. The summed E-state index contributed by atoms with van der Waals surface area (Å²) in [4.78, 5) is 0. The summed E-state index contributed by atoms with van der Waals surface area (Å²) in [7, 11) is 3.05. The van der Waals surface area contributed by atoms with Gasteiger partial charge in [0.05, 0.1) is 14.2 Å². The van der Waals surface area contributed by atoms with Crippen molar-refractivity contribution in [2.24, 2.45) is 5.73 Å². The molecule has 0 spiro atoms. The fourth-order valence-corrected chi connectivity index (χ4v) is 1.34. The maximum Gasteiger partial charge on any atom is 0.165 e. The number of benzene rings is 1. The monoisotopic (exact) mass is 199 g/mol. The van der Waals surface area contributed by atoms with E-state index in [4.69, 9.17) is 15.2 Å². The highest BCUT2D eigenvalue weighted by Gasteiger charge is 2.10. The molecule has 3 nitrogen and oxygen atoms in total. The summed E-state index contributed by atoms with van der Waals surface area (Å²) in [5.41, 5.74) is 6.81. The van der Waals surface area contributed by atoms with Gasteiger partial charge in [-0.25, -0.2) is 4.39 Å². The van der Waals surface area contributed by atoms with Crippen LogP contribution in [0.1, 0.15) is 11.1 Å². The molecule has 1 aromatic carbocycles. The van der Waals surface area contributed by atoms with Gasteiger partial charge >= 0.3 is 0 Å². The highest BCUT2D eigenvalue weighted by molar-refractivity contribution is 5.49. The van der Waals surface area contributed by atoms with E-state index >= 15 is 0 Å². The standard InChI is InChI=1S/C10H14FNO2/c1-13-9-4-7(5-11)3-8(6-12)10(9)14-2/h3-4H,5-6,12H2,1-2H3. The molecule has 0 aliphatic carbocycles. The van der Waals surface area contributed by atoms with Crippen molar-refractivity contribution in [2.75, 3.05) is 14.2 Å². The summed E-state index contributed by atoms with van der Waals surface area (Å²) in [6, 6.07) is 3.29. The van der Waals surface area contributed by atoms with Gasteiger partial charge in [0.1, 0.15) is 6.67 Å². The second-order valence-electron chi connectivity index (χ2n) is 2.83. The number of rotatable bonds is 4. The summed E-state index contributed by atoms with van der Waals surface area (Å²) in [5.74, 6) is 1.09. The van der Waals surface area contributed by atoms with Crippen LogP contribution in [0.4, 0.5) is 4.39 Å². The highest BCUT2D eigenvalue weighted by Crippen LogP contribution is 2.32. The van der Waals surface area contributed by atoms with Gasteiger partial charge in [0.15, 0.2) is 11.5 Å². The SMILES string of the molecule is COc1cc(CF)cc(CN)c1OC. The first-order valence-electron chi connectivity index (χ1n) is 4.26. The molecule has 0 amide bonds. The first-order chi connectivity index (χ1) is 6.76. The predicted molar refractivity (Wildman–Crippen MR) is 52.2 cm³/mol. The summed E-state index contributed by atoms with van der Waals surface area (Å²) in [5, 5.41) is 0. The van der Waals surface area contributed by atoms with Crippen molar-refractivity contribution in [3.8, 4) is 11.5 Å². The van der Waals surface area contributed by atoms with Crippen LogP contribution >= 0.6 is 0 Å². The first kappa shape index (κ1) is 10.8. The third-order valence-corrected chi connectivity index (χ3v) is 1.99. The largest absolute Gasteiger partial charge is 0.493 e. The second-order valence-corrected chi connectivity index (χ2v) is 2.83. The molecule has 1 rings (SSSR count). The summed E-state index contributed by atoms with van der Waals surface area (Å²) >= 11 is 0. The number of halogens is 1. The third-order valence-electron chi connectivity index (χ3n) is 1.99. The van der Waals surface area contributed by atoms with Crippen molar-refractivity contribution in [3.63, 3.8) is 0 Å². The number of ether oxygens (including phenoxy) is 2. The van der Waals surface area contributed by atoms with E-state index < -0.39 is 6.67 Å². The molecule has 0 aliphatic heterocycles. The van der Waals surface area contributed by atoms with E-state index in [9.17, 15) is 4.39 Å². The van der Waals surface area contributed by atoms with Crippen molar-refractivity contribution < 1.29 is 13.9 Å². The average molecular weight is 199 g/mol. The average Bonchev–Trinajstić information content (AvgIpc) is 2.26. The third kappa shape index (κ3) is 1.96. The van der Waals surface area contributed by atoms with E-state index in [1.807, 2.05) is 0 Å². The minimum absolute atomic E-state index is 0.299. The van der Waals surface area contributed by atoms with E-state index in [1.165, 1.54) is 14.2 Å². The van der Waals surface area contributed by atoms with Crippen LogP contribution in [-0.4, -0.2) is 14.2 Å². The Morgan fingerprint density at radius 1 is 1.29 bits per heavy atom. The van der Waals surface area contributed by atoms with E-state index in [-0.39, 0.29) is 0 Å². The Bertz CT molecular complexity index is 290. The number of nitrogens with two attached hydrogens (primary N) is 1. The summed E-state index contributed by atoms with van der Waals surface area (Å²) < 4.78 is 22.7. The molecule has 0 aliphatic rings. The molecule has 1 aromatic rings. The fraction of sp³-hybridized carbons (Fsp3) is 0.400. The molecular formula is C10H14FNO2. The molecule has 0 heterocycles.